The second-order valence-corrected chi connectivity index (χ2v) is 10.1. The van der Waals surface area contributed by atoms with Crippen LogP contribution in [0.3, 0.4) is 0 Å². The third-order valence-electron chi connectivity index (χ3n) is 7.52. The predicted octanol–water partition coefficient (Wildman–Crippen LogP) is 4.02. The van der Waals surface area contributed by atoms with E-state index in [9.17, 15) is 19.5 Å². The topological polar surface area (TPSA) is 95.9 Å². The number of ether oxygens (including phenoxy) is 1. The minimum atomic E-state index is -1.06. The summed E-state index contributed by atoms with van der Waals surface area (Å²) in [6.45, 7) is 4.44. The second kappa shape index (κ2) is 8.46. The van der Waals surface area contributed by atoms with Gasteiger partial charge in [0.1, 0.15) is 18.2 Å². The molecule has 1 saturated heterocycles. The molecular formula is C27H30N2O5. The number of carboxylic acids is 1. The van der Waals surface area contributed by atoms with Gasteiger partial charge in [-0.2, -0.15) is 0 Å². The number of nitrogens with one attached hydrogen (secondary N) is 1. The monoisotopic (exact) mass is 462 g/mol. The number of likely N-dealkylation sites (tertiary alicyclic amines) is 1. The third-order valence-corrected chi connectivity index (χ3v) is 7.52. The van der Waals surface area contributed by atoms with Crippen LogP contribution in [0.2, 0.25) is 0 Å². The Kier molecular flexibility index (Phi) is 5.58. The Morgan fingerprint density at radius 3 is 2.18 bits per heavy atom. The van der Waals surface area contributed by atoms with Gasteiger partial charge in [-0.25, -0.2) is 9.59 Å². The summed E-state index contributed by atoms with van der Waals surface area (Å²) >= 11 is 0. The summed E-state index contributed by atoms with van der Waals surface area (Å²) in [6, 6.07) is 15.4. The molecule has 1 saturated carbocycles. The molecule has 178 valence electrons. The molecule has 7 nitrogen and oxygen atoms in total. The number of nitrogens with zero attached hydrogens (tertiary/aromatic N) is 1. The number of benzene rings is 2. The first kappa shape index (κ1) is 22.4. The van der Waals surface area contributed by atoms with E-state index in [4.69, 9.17) is 4.74 Å². The largest absolute Gasteiger partial charge is 0.480 e. The van der Waals surface area contributed by atoms with Gasteiger partial charge in [-0.15, -0.1) is 0 Å². The number of hydrogen-bond donors (Lipinski definition) is 2. The standard InChI is InChI=1S/C27H30N2O5/c1-16-13-17(2)23(24(30)31)29(14-16)25(32)27(11-12-27)28-26(33)34-15-22-20-9-5-3-7-18(20)19-8-4-6-10-21(19)22/h3-10,16-17,22-23H,11-15H2,1-2H3,(H,28,33)(H,30,31). The Labute approximate surface area is 199 Å². The van der Waals surface area contributed by atoms with Gasteiger partial charge >= 0.3 is 12.1 Å². The maximum absolute atomic E-state index is 13.4. The van der Waals surface area contributed by atoms with Gasteiger partial charge in [0.25, 0.3) is 0 Å². The zero-order valence-corrected chi connectivity index (χ0v) is 19.5. The minimum Gasteiger partial charge on any atom is -0.480 e. The summed E-state index contributed by atoms with van der Waals surface area (Å²) in [5.74, 6) is -1.31. The molecule has 7 heteroatoms. The highest BCUT2D eigenvalue weighted by Gasteiger charge is 2.56. The van der Waals surface area contributed by atoms with Crippen molar-refractivity contribution in [2.75, 3.05) is 13.2 Å². The van der Waals surface area contributed by atoms with E-state index in [0.29, 0.717) is 19.4 Å². The SMILES string of the molecule is CC1CC(C)C(C(=O)O)N(C(=O)C2(NC(=O)OCC3c4ccccc4-c4ccccc43)CC2)C1. The summed E-state index contributed by atoms with van der Waals surface area (Å²) in [5, 5.41) is 12.5. The average Bonchev–Trinajstić information content (AvgIpc) is 3.51. The zero-order valence-electron chi connectivity index (χ0n) is 19.5. The van der Waals surface area contributed by atoms with Crippen LogP contribution in [0.15, 0.2) is 48.5 Å². The van der Waals surface area contributed by atoms with Crippen LogP contribution in [0.5, 0.6) is 0 Å². The van der Waals surface area contributed by atoms with Crippen LogP contribution in [-0.4, -0.2) is 52.7 Å². The quantitative estimate of drug-likeness (QED) is 0.700. The molecule has 0 spiro atoms. The molecule has 0 radical (unpaired) electrons. The molecule has 3 atom stereocenters. The molecule has 1 aliphatic heterocycles. The number of amides is 2. The van der Waals surface area contributed by atoms with Gasteiger partial charge in [-0.3, -0.25) is 4.79 Å². The zero-order chi connectivity index (χ0) is 24.0. The number of rotatable bonds is 5. The fourth-order valence-electron chi connectivity index (χ4n) is 5.80. The van der Waals surface area contributed by atoms with E-state index in [1.54, 1.807) is 0 Å². The minimum absolute atomic E-state index is 0.0656. The number of alkyl carbamates (subject to hydrolysis) is 1. The Balaban J connectivity index is 1.27. The molecule has 1 heterocycles. The lowest BCUT2D eigenvalue weighted by Crippen LogP contribution is -2.60. The number of hydrogen-bond acceptors (Lipinski definition) is 4. The van der Waals surface area contributed by atoms with Crippen molar-refractivity contribution in [1.82, 2.24) is 10.2 Å². The number of aliphatic carboxylic acids is 1. The van der Waals surface area contributed by atoms with Crippen molar-refractivity contribution < 1.29 is 24.2 Å². The Bertz CT molecular complexity index is 1100. The van der Waals surface area contributed by atoms with Crippen LogP contribution < -0.4 is 5.32 Å². The Morgan fingerprint density at radius 2 is 1.62 bits per heavy atom. The number of carbonyl (C=O) groups excluding carboxylic acids is 2. The molecule has 2 aromatic rings. The van der Waals surface area contributed by atoms with E-state index in [2.05, 4.69) is 29.6 Å². The first-order chi connectivity index (χ1) is 16.3. The van der Waals surface area contributed by atoms with Crippen LogP contribution in [0.4, 0.5) is 4.79 Å². The average molecular weight is 463 g/mol. The Hall–Kier alpha value is -3.35. The first-order valence-corrected chi connectivity index (χ1v) is 12.0. The molecule has 3 aliphatic rings. The van der Waals surface area contributed by atoms with Crippen molar-refractivity contribution in [3.8, 4) is 11.1 Å². The summed E-state index contributed by atoms with van der Waals surface area (Å²) in [5.41, 5.74) is 3.47. The van der Waals surface area contributed by atoms with Gasteiger partial charge in [0, 0.05) is 12.5 Å². The first-order valence-electron chi connectivity index (χ1n) is 12.0. The lowest BCUT2D eigenvalue weighted by molar-refractivity contribution is -0.157. The van der Waals surface area contributed by atoms with Crippen molar-refractivity contribution >= 4 is 18.0 Å². The van der Waals surface area contributed by atoms with Crippen LogP contribution in [-0.2, 0) is 14.3 Å². The van der Waals surface area contributed by atoms with Gasteiger partial charge in [0.2, 0.25) is 5.91 Å². The maximum atomic E-state index is 13.4. The lowest BCUT2D eigenvalue weighted by Gasteiger charge is -2.42. The number of carbonyl (C=O) groups is 3. The van der Waals surface area contributed by atoms with E-state index >= 15 is 0 Å². The van der Waals surface area contributed by atoms with Crippen molar-refractivity contribution in [2.24, 2.45) is 11.8 Å². The van der Waals surface area contributed by atoms with E-state index in [1.807, 2.05) is 38.1 Å². The van der Waals surface area contributed by atoms with Gasteiger partial charge in [-0.1, -0.05) is 62.4 Å². The van der Waals surface area contributed by atoms with Gasteiger partial charge in [-0.05, 0) is 53.4 Å². The van der Waals surface area contributed by atoms with Crippen LogP contribution in [0.1, 0.15) is 50.2 Å². The van der Waals surface area contributed by atoms with Crippen molar-refractivity contribution in [3.63, 3.8) is 0 Å². The van der Waals surface area contributed by atoms with E-state index < -0.39 is 23.6 Å². The summed E-state index contributed by atoms with van der Waals surface area (Å²) in [6.07, 6.45) is 1.09. The lowest BCUT2D eigenvalue weighted by atomic mass is 9.84. The number of piperidine rings is 1. The second-order valence-electron chi connectivity index (χ2n) is 10.1. The summed E-state index contributed by atoms with van der Waals surface area (Å²) in [7, 11) is 0. The van der Waals surface area contributed by atoms with Crippen molar-refractivity contribution in [2.45, 2.75) is 50.6 Å². The molecule has 5 rings (SSSR count). The maximum Gasteiger partial charge on any atom is 0.408 e. The summed E-state index contributed by atoms with van der Waals surface area (Å²) in [4.78, 5) is 39.6. The Morgan fingerprint density at radius 1 is 1.03 bits per heavy atom. The van der Waals surface area contributed by atoms with E-state index in [1.165, 1.54) is 4.90 Å². The van der Waals surface area contributed by atoms with E-state index in [-0.39, 0.29) is 30.3 Å². The number of fused-ring (bicyclic) bond motifs is 3. The molecule has 2 amide bonds. The van der Waals surface area contributed by atoms with Gasteiger partial charge in [0.05, 0.1) is 0 Å². The highest BCUT2D eigenvalue weighted by molar-refractivity contribution is 5.95. The van der Waals surface area contributed by atoms with Crippen molar-refractivity contribution in [1.29, 1.82) is 0 Å². The van der Waals surface area contributed by atoms with Gasteiger partial charge < -0.3 is 20.1 Å². The molecule has 3 unspecified atom stereocenters. The molecule has 0 bridgehead atoms. The fourth-order valence-corrected chi connectivity index (χ4v) is 5.80. The highest BCUT2D eigenvalue weighted by atomic mass is 16.5. The van der Waals surface area contributed by atoms with Crippen LogP contribution in [0.25, 0.3) is 11.1 Å². The molecule has 2 N–H and O–H groups in total. The molecule has 2 aliphatic carbocycles. The third kappa shape index (κ3) is 3.83. The molecule has 0 aromatic heterocycles. The number of carboxylic acid groups (broad SMARTS) is 1. The van der Waals surface area contributed by atoms with E-state index in [0.717, 1.165) is 28.7 Å². The van der Waals surface area contributed by atoms with Gasteiger partial charge in [0.15, 0.2) is 0 Å². The van der Waals surface area contributed by atoms with Crippen LogP contribution in [0, 0.1) is 11.8 Å². The molecule has 2 aromatic carbocycles. The molecule has 34 heavy (non-hydrogen) atoms. The predicted molar refractivity (Wildman–Crippen MR) is 126 cm³/mol. The highest BCUT2D eigenvalue weighted by Crippen LogP contribution is 2.45. The summed E-state index contributed by atoms with van der Waals surface area (Å²) < 4.78 is 5.63. The molecule has 2 fully saturated rings. The fraction of sp³-hybridized carbons (Fsp3) is 0.444. The van der Waals surface area contributed by atoms with Crippen LogP contribution >= 0.6 is 0 Å². The smallest absolute Gasteiger partial charge is 0.408 e. The normalized spacial score (nSPS) is 24.6. The van der Waals surface area contributed by atoms with Crippen molar-refractivity contribution in [3.05, 3.63) is 59.7 Å². The molecular weight excluding hydrogens is 432 g/mol.